The lowest BCUT2D eigenvalue weighted by Gasteiger charge is -2.38. The predicted molar refractivity (Wildman–Crippen MR) is 162 cm³/mol. The molecule has 10 heteroatoms. The Labute approximate surface area is 238 Å². The maximum absolute atomic E-state index is 14.3. The fourth-order valence-corrected chi connectivity index (χ4v) is 5.53. The van der Waals surface area contributed by atoms with E-state index in [-0.39, 0.29) is 11.5 Å². The number of carbonyl (C=O) groups excluding carboxylic acids is 1. The molecule has 10 nitrogen and oxygen atoms in total. The van der Waals surface area contributed by atoms with Gasteiger partial charge in [0.15, 0.2) is 0 Å². The number of fused-ring (bicyclic) bond motifs is 4. The van der Waals surface area contributed by atoms with Crippen molar-refractivity contribution in [1.82, 2.24) is 19.4 Å². The molecule has 0 fully saturated rings. The van der Waals surface area contributed by atoms with Crippen LogP contribution in [-0.2, 0) is 11.3 Å². The van der Waals surface area contributed by atoms with Crippen molar-refractivity contribution in [2.75, 3.05) is 55.0 Å². The van der Waals surface area contributed by atoms with Crippen molar-refractivity contribution in [2.45, 2.75) is 19.9 Å². The van der Waals surface area contributed by atoms with E-state index in [0.717, 1.165) is 46.7 Å². The highest BCUT2D eigenvalue weighted by Crippen LogP contribution is 2.39. The summed E-state index contributed by atoms with van der Waals surface area (Å²) in [7, 11) is 2.05. The lowest BCUT2D eigenvalue weighted by molar-refractivity contribution is -0.114. The predicted octanol–water partition coefficient (Wildman–Crippen LogP) is 4.23. The quantitative estimate of drug-likeness (QED) is 0.370. The number of anilines is 5. The minimum absolute atomic E-state index is 0.138. The summed E-state index contributed by atoms with van der Waals surface area (Å²) in [6.45, 7) is 9.09. The number of likely N-dealkylation sites (N-methyl/N-ethyl adjacent to an activating group) is 1. The molecule has 0 spiro atoms. The molecular weight excluding hydrogens is 518 g/mol. The molecule has 6 rings (SSSR count). The highest BCUT2D eigenvalue weighted by atomic mass is 16.5. The number of hydrogen-bond acceptors (Lipinski definition) is 8. The van der Waals surface area contributed by atoms with E-state index in [0.29, 0.717) is 50.1 Å². The summed E-state index contributed by atoms with van der Waals surface area (Å²) in [6.07, 6.45) is 3.94. The molecule has 0 saturated heterocycles. The Morgan fingerprint density at radius 2 is 1.90 bits per heavy atom. The van der Waals surface area contributed by atoms with Gasteiger partial charge in [-0.3, -0.25) is 14.2 Å². The summed E-state index contributed by atoms with van der Waals surface area (Å²) in [5, 5.41) is 4.02. The molecule has 0 radical (unpaired) electrons. The Kier molecular flexibility index (Phi) is 7.15. The lowest BCUT2D eigenvalue weighted by atomic mass is 10.1. The van der Waals surface area contributed by atoms with Crippen molar-refractivity contribution < 1.29 is 9.53 Å². The summed E-state index contributed by atoms with van der Waals surface area (Å²) in [5.74, 6) is 1.02. The van der Waals surface area contributed by atoms with Crippen LogP contribution in [0.2, 0.25) is 0 Å². The van der Waals surface area contributed by atoms with E-state index in [2.05, 4.69) is 21.8 Å². The molecule has 0 saturated carbocycles. The Bertz CT molecular complexity index is 1700. The highest BCUT2D eigenvalue weighted by molar-refractivity contribution is 6.05. The van der Waals surface area contributed by atoms with Gasteiger partial charge < -0.3 is 24.8 Å². The van der Waals surface area contributed by atoms with Crippen LogP contribution in [0, 0.1) is 6.92 Å². The third-order valence-corrected chi connectivity index (χ3v) is 7.61. The molecule has 4 heterocycles. The van der Waals surface area contributed by atoms with Gasteiger partial charge in [-0.05, 0) is 56.3 Å². The van der Waals surface area contributed by atoms with Gasteiger partial charge in [0.1, 0.15) is 17.1 Å². The van der Waals surface area contributed by atoms with Crippen molar-refractivity contribution in [3.05, 3.63) is 83.3 Å². The number of para-hydroxylation sites is 1. The first kappa shape index (κ1) is 26.5. The number of nitrogens with zero attached hydrogens (tertiary/aromatic N) is 6. The Morgan fingerprint density at radius 3 is 2.76 bits per heavy atom. The number of hydrogen-bond donors (Lipinski definition) is 1. The summed E-state index contributed by atoms with van der Waals surface area (Å²) < 4.78 is 7.69. The summed E-state index contributed by atoms with van der Waals surface area (Å²) in [6, 6.07) is 15.4. The molecule has 0 aliphatic carbocycles. The molecule has 41 heavy (non-hydrogen) atoms. The lowest BCUT2D eigenvalue weighted by Crippen LogP contribution is -2.44. The first-order valence-electron chi connectivity index (χ1n) is 13.8. The molecule has 4 aromatic rings. The molecule has 0 atom stereocenters. The maximum Gasteiger partial charge on any atom is 0.276 e. The second kappa shape index (κ2) is 11.1. The smallest absolute Gasteiger partial charge is 0.276 e. The van der Waals surface area contributed by atoms with Crippen LogP contribution < -0.4 is 25.4 Å². The van der Waals surface area contributed by atoms with Crippen LogP contribution in [0.5, 0.6) is 5.75 Å². The third-order valence-electron chi connectivity index (χ3n) is 7.61. The van der Waals surface area contributed by atoms with E-state index >= 15 is 0 Å². The minimum atomic E-state index is -0.160. The highest BCUT2D eigenvalue weighted by Gasteiger charge is 2.30. The van der Waals surface area contributed by atoms with Crippen LogP contribution in [0.25, 0.3) is 11.0 Å². The molecule has 2 aliphatic heterocycles. The van der Waals surface area contributed by atoms with E-state index < -0.39 is 0 Å². The van der Waals surface area contributed by atoms with Gasteiger partial charge in [0, 0.05) is 56.1 Å². The summed E-state index contributed by atoms with van der Waals surface area (Å²) >= 11 is 0. The first-order chi connectivity index (χ1) is 19.9. The van der Waals surface area contributed by atoms with Crippen LogP contribution in [0.1, 0.15) is 12.0 Å². The van der Waals surface area contributed by atoms with Crippen molar-refractivity contribution in [1.29, 1.82) is 0 Å². The van der Waals surface area contributed by atoms with Gasteiger partial charge in [-0.2, -0.15) is 4.98 Å². The molecule has 1 N–H and O–H groups in total. The maximum atomic E-state index is 14.3. The van der Waals surface area contributed by atoms with Crippen LogP contribution >= 0.6 is 0 Å². The number of amides is 1. The van der Waals surface area contributed by atoms with Gasteiger partial charge in [0.2, 0.25) is 5.95 Å². The topological polar surface area (TPSA) is 95.8 Å². The van der Waals surface area contributed by atoms with E-state index in [9.17, 15) is 9.59 Å². The number of ether oxygens (including phenoxy) is 1. The molecule has 4 bridgehead atoms. The van der Waals surface area contributed by atoms with E-state index in [4.69, 9.17) is 9.72 Å². The summed E-state index contributed by atoms with van der Waals surface area (Å²) in [5.41, 5.74) is 4.32. The third kappa shape index (κ3) is 5.14. The number of benzene rings is 2. The second-order valence-electron chi connectivity index (χ2n) is 10.4. The molecule has 1 amide bonds. The number of carbonyl (C=O) groups is 1. The van der Waals surface area contributed by atoms with Crippen LogP contribution in [-0.4, -0.2) is 65.2 Å². The van der Waals surface area contributed by atoms with Crippen molar-refractivity contribution in [3.8, 4) is 5.75 Å². The van der Waals surface area contributed by atoms with Gasteiger partial charge in [0.25, 0.3) is 11.5 Å². The second-order valence-corrected chi connectivity index (χ2v) is 10.4. The average Bonchev–Trinajstić information content (AvgIpc) is 2.98. The summed E-state index contributed by atoms with van der Waals surface area (Å²) in [4.78, 5) is 42.3. The first-order valence-corrected chi connectivity index (χ1v) is 13.8. The van der Waals surface area contributed by atoms with Crippen LogP contribution in [0.15, 0.2) is 72.2 Å². The fourth-order valence-electron chi connectivity index (χ4n) is 5.53. The Balaban J connectivity index is 1.48. The molecule has 210 valence electrons. The largest absolute Gasteiger partial charge is 0.493 e. The minimum Gasteiger partial charge on any atom is -0.493 e. The molecule has 2 aromatic carbocycles. The van der Waals surface area contributed by atoms with Crippen molar-refractivity contribution in [2.24, 2.45) is 0 Å². The van der Waals surface area contributed by atoms with Gasteiger partial charge in [-0.1, -0.05) is 24.8 Å². The zero-order chi connectivity index (χ0) is 28.5. The standard InChI is InChI=1S/C31H33N7O3/c1-4-27(39)37-16-15-36(25-11-5-8-21(2)28(25)37)26-18-22-20-32-31-33-23-9-6-10-24(19-23)41-17-7-12-35(3)13-14-38(30(26)40)29(22)34-31/h4-6,8-11,18-20H,1,7,12-17H2,2-3H3,(H,32,33,34). The molecule has 0 unspecified atom stereocenters. The van der Waals surface area contributed by atoms with E-state index in [1.54, 1.807) is 15.7 Å². The normalized spacial score (nSPS) is 15.9. The SMILES string of the molecule is C=CC(=O)N1CCN(c2cc3cnc4nc3n(c2=O)CCN(C)CCCOc2cccc(c2)N4)c2cccc(C)c21. The zero-order valence-corrected chi connectivity index (χ0v) is 23.3. The monoisotopic (exact) mass is 551 g/mol. The van der Waals surface area contributed by atoms with Gasteiger partial charge in [0.05, 0.1) is 18.0 Å². The Hall–Kier alpha value is -4.70. The molecule has 2 aliphatic rings. The molecular formula is C31H33N7O3. The number of aryl methyl sites for hydroxylation is 1. The van der Waals surface area contributed by atoms with E-state index in [1.807, 2.05) is 67.4 Å². The number of pyridine rings is 1. The van der Waals surface area contributed by atoms with Gasteiger partial charge in [-0.15, -0.1) is 0 Å². The van der Waals surface area contributed by atoms with Crippen molar-refractivity contribution in [3.63, 3.8) is 0 Å². The van der Waals surface area contributed by atoms with E-state index in [1.165, 1.54) is 6.08 Å². The van der Waals surface area contributed by atoms with Gasteiger partial charge in [-0.25, -0.2) is 4.98 Å². The van der Waals surface area contributed by atoms with Gasteiger partial charge >= 0.3 is 0 Å². The molecule has 2 aromatic heterocycles. The fraction of sp³-hybridized carbons (Fsp3) is 0.290. The number of rotatable bonds is 2. The number of nitrogens with one attached hydrogen (secondary N) is 1. The van der Waals surface area contributed by atoms with Crippen LogP contribution in [0.4, 0.5) is 28.7 Å². The van der Waals surface area contributed by atoms with Crippen LogP contribution in [0.3, 0.4) is 0 Å². The van der Waals surface area contributed by atoms with Crippen molar-refractivity contribution >= 4 is 45.6 Å². The average molecular weight is 552 g/mol. The Morgan fingerprint density at radius 1 is 1.05 bits per heavy atom. The zero-order valence-electron chi connectivity index (χ0n) is 23.3. The number of aromatic nitrogens is 3.